The van der Waals surface area contributed by atoms with E-state index in [0.717, 1.165) is 0 Å². The molecular formula is C10H14BrNO3. The first-order chi connectivity index (χ1) is 7.00. The maximum Gasteiger partial charge on any atom is 0.289 e. The molecule has 15 heavy (non-hydrogen) atoms. The zero-order valence-electron chi connectivity index (χ0n) is 8.74. The van der Waals surface area contributed by atoms with Gasteiger partial charge in [-0.05, 0) is 41.4 Å². The first-order valence-corrected chi connectivity index (χ1v) is 5.49. The van der Waals surface area contributed by atoms with Crippen LogP contribution in [0.2, 0.25) is 0 Å². The minimum Gasteiger partial charge on any atom is -0.444 e. The standard InChI is InChI=1S/C10H14BrNO3/c1-7(13)5-6-12(2)10(14)8-3-4-9(11)15-8/h3-4,7,13H,5-6H2,1-2H3. The highest BCUT2D eigenvalue weighted by atomic mass is 79.9. The molecule has 1 rings (SSSR count). The fourth-order valence-corrected chi connectivity index (χ4v) is 1.41. The van der Waals surface area contributed by atoms with Crippen LogP contribution in [0.1, 0.15) is 23.9 Å². The molecule has 1 amide bonds. The van der Waals surface area contributed by atoms with Crippen molar-refractivity contribution in [1.29, 1.82) is 0 Å². The molecule has 1 atom stereocenters. The van der Waals surface area contributed by atoms with Gasteiger partial charge in [-0.15, -0.1) is 0 Å². The number of carbonyl (C=O) groups excluding carboxylic acids is 1. The van der Waals surface area contributed by atoms with Crippen LogP contribution in [-0.4, -0.2) is 35.6 Å². The summed E-state index contributed by atoms with van der Waals surface area (Å²) in [6, 6.07) is 3.29. The number of aliphatic hydroxyl groups is 1. The normalized spacial score (nSPS) is 12.5. The zero-order valence-corrected chi connectivity index (χ0v) is 10.3. The highest BCUT2D eigenvalue weighted by molar-refractivity contribution is 9.10. The van der Waals surface area contributed by atoms with E-state index in [-0.39, 0.29) is 5.91 Å². The molecule has 84 valence electrons. The van der Waals surface area contributed by atoms with Gasteiger partial charge in [-0.1, -0.05) is 0 Å². The summed E-state index contributed by atoms with van der Waals surface area (Å²) in [4.78, 5) is 13.2. The second-order valence-electron chi connectivity index (χ2n) is 3.47. The molecule has 1 N–H and O–H groups in total. The largest absolute Gasteiger partial charge is 0.444 e. The topological polar surface area (TPSA) is 53.7 Å². The molecule has 1 unspecified atom stereocenters. The predicted octanol–water partition coefficient (Wildman–Crippen LogP) is 1.89. The van der Waals surface area contributed by atoms with Gasteiger partial charge in [0.05, 0.1) is 6.10 Å². The van der Waals surface area contributed by atoms with Gasteiger partial charge in [-0.3, -0.25) is 4.79 Å². The van der Waals surface area contributed by atoms with Gasteiger partial charge in [0.2, 0.25) is 0 Å². The molecule has 4 nitrogen and oxygen atoms in total. The number of hydrogen-bond donors (Lipinski definition) is 1. The number of carbonyl (C=O) groups is 1. The third-order valence-corrected chi connectivity index (χ3v) is 2.44. The van der Waals surface area contributed by atoms with Gasteiger partial charge in [-0.2, -0.15) is 0 Å². The van der Waals surface area contributed by atoms with Gasteiger partial charge >= 0.3 is 0 Å². The Balaban J connectivity index is 2.53. The molecule has 0 aliphatic carbocycles. The van der Waals surface area contributed by atoms with Gasteiger partial charge in [0.15, 0.2) is 10.4 Å². The van der Waals surface area contributed by atoms with E-state index in [1.165, 1.54) is 4.90 Å². The summed E-state index contributed by atoms with van der Waals surface area (Å²) < 4.78 is 5.67. The van der Waals surface area contributed by atoms with Crippen molar-refractivity contribution >= 4 is 21.8 Å². The Morgan fingerprint density at radius 3 is 2.80 bits per heavy atom. The summed E-state index contributed by atoms with van der Waals surface area (Å²) in [5.74, 6) is 0.122. The molecule has 5 heteroatoms. The molecule has 0 aliphatic heterocycles. The smallest absolute Gasteiger partial charge is 0.289 e. The van der Waals surface area contributed by atoms with E-state index < -0.39 is 6.10 Å². The van der Waals surface area contributed by atoms with E-state index in [0.29, 0.717) is 23.4 Å². The molecule has 0 radical (unpaired) electrons. The molecule has 0 fully saturated rings. The lowest BCUT2D eigenvalue weighted by molar-refractivity contribution is 0.0736. The molecule has 0 spiro atoms. The van der Waals surface area contributed by atoms with Crippen LogP contribution in [0.25, 0.3) is 0 Å². The summed E-state index contributed by atoms with van der Waals surface area (Å²) in [5.41, 5.74) is 0. The highest BCUT2D eigenvalue weighted by Crippen LogP contribution is 2.15. The van der Waals surface area contributed by atoms with Gasteiger partial charge in [-0.25, -0.2) is 0 Å². The number of aliphatic hydroxyl groups excluding tert-OH is 1. The van der Waals surface area contributed by atoms with Crippen LogP contribution in [0, 0.1) is 0 Å². The minimum atomic E-state index is -0.399. The first kappa shape index (κ1) is 12.3. The predicted molar refractivity (Wildman–Crippen MR) is 59.7 cm³/mol. The van der Waals surface area contributed by atoms with Crippen molar-refractivity contribution in [1.82, 2.24) is 4.90 Å². The average Bonchev–Trinajstić information content (AvgIpc) is 2.60. The van der Waals surface area contributed by atoms with Crippen molar-refractivity contribution in [2.45, 2.75) is 19.4 Å². The third-order valence-electron chi connectivity index (χ3n) is 2.01. The van der Waals surface area contributed by atoms with Gasteiger partial charge in [0.25, 0.3) is 5.91 Å². The van der Waals surface area contributed by atoms with E-state index in [1.54, 1.807) is 26.1 Å². The summed E-state index contributed by atoms with van der Waals surface area (Å²) in [6.07, 6.45) is 0.160. The highest BCUT2D eigenvalue weighted by Gasteiger charge is 2.15. The lowest BCUT2D eigenvalue weighted by atomic mass is 10.2. The van der Waals surface area contributed by atoms with Gasteiger partial charge in [0, 0.05) is 13.6 Å². The molecule has 1 heterocycles. The second-order valence-corrected chi connectivity index (χ2v) is 4.25. The number of rotatable bonds is 4. The van der Waals surface area contributed by atoms with Gasteiger partial charge < -0.3 is 14.4 Å². The number of amides is 1. The Bertz CT molecular complexity index is 335. The number of halogens is 1. The first-order valence-electron chi connectivity index (χ1n) is 4.69. The lowest BCUT2D eigenvalue weighted by Crippen LogP contribution is -2.29. The van der Waals surface area contributed by atoms with Crippen LogP contribution in [-0.2, 0) is 0 Å². The van der Waals surface area contributed by atoms with Crippen molar-refractivity contribution in [2.75, 3.05) is 13.6 Å². The van der Waals surface area contributed by atoms with E-state index in [2.05, 4.69) is 15.9 Å². The fraction of sp³-hybridized carbons (Fsp3) is 0.500. The van der Waals surface area contributed by atoms with Crippen LogP contribution in [0.15, 0.2) is 21.2 Å². The van der Waals surface area contributed by atoms with Crippen LogP contribution >= 0.6 is 15.9 Å². The number of furan rings is 1. The van der Waals surface area contributed by atoms with E-state index in [9.17, 15) is 4.79 Å². The summed E-state index contributed by atoms with van der Waals surface area (Å²) in [7, 11) is 1.68. The summed E-state index contributed by atoms with van der Waals surface area (Å²) >= 11 is 3.13. The van der Waals surface area contributed by atoms with Crippen LogP contribution in [0.5, 0.6) is 0 Å². The molecular weight excluding hydrogens is 262 g/mol. The Kier molecular flexibility index (Phi) is 4.35. The van der Waals surface area contributed by atoms with E-state index >= 15 is 0 Å². The minimum absolute atomic E-state index is 0.179. The van der Waals surface area contributed by atoms with Crippen molar-refractivity contribution < 1.29 is 14.3 Å². The number of nitrogens with zero attached hydrogens (tertiary/aromatic N) is 1. The third kappa shape index (κ3) is 3.68. The maximum atomic E-state index is 11.7. The molecule has 0 aliphatic rings. The Morgan fingerprint density at radius 2 is 2.33 bits per heavy atom. The van der Waals surface area contributed by atoms with Crippen molar-refractivity contribution in [3.05, 3.63) is 22.6 Å². The Morgan fingerprint density at radius 1 is 1.67 bits per heavy atom. The van der Waals surface area contributed by atoms with Crippen molar-refractivity contribution in [3.63, 3.8) is 0 Å². The SMILES string of the molecule is CC(O)CCN(C)C(=O)c1ccc(Br)o1. The Labute approximate surface area is 97.0 Å². The zero-order chi connectivity index (χ0) is 11.4. The average molecular weight is 276 g/mol. The second kappa shape index (κ2) is 5.32. The van der Waals surface area contributed by atoms with Crippen LogP contribution < -0.4 is 0 Å². The summed E-state index contributed by atoms with van der Waals surface area (Å²) in [5, 5.41) is 9.09. The lowest BCUT2D eigenvalue weighted by Gasteiger charge is -2.16. The number of hydrogen-bond acceptors (Lipinski definition) is 3. The molecule has 0 bridgehead atoms. The monoisotopic (exact) mass is 275 g/mol. The quantitative estimate of drug-likeness (QED) is 0.913. The molecule has 0 aromatic carbocycles. The molecule has 0 saturated heterocycles. The molecule has 1 aromatic heterocycles. The fourth-order valence-electron chi connectivity index (χ4n) is 1.10. The van der Waals surface area contributed by atoms with Crippen LogP contribution in [0.3, 0.4) is 0 Å². The van der Waals surface area contributed by atoms with E-state index in [1.807, 2.05) is 0 Å². The molecule has 0 saturated carbocycles. The Hall–Kier alpha value is -0.810. The summed E-state index contributed by atoms with van der Waals surface area (Å²) in [6.45, 7) is 2.20. The maximum absolute atomic E-state index is 11.7. The van der Waals surface area contributed by atoms with Crippen molar-refractivity contribution in [3.8, 4) is 0 Å². The van der Waals surface area contributed by atoms with E-state index in [4.69, 9.17) is 9.52 Å². The van der Waals surface area contributed by atoms with Crippen LogP contribution in [0.4, 0.5) is 0 Å². The molecule has 1 aromatic rings. The van der Waals surface area contributed by atoms with Gasteiger partial charge in [0.1, 0.15) is 0 Å². The van der Waals surface area contributed by atoms with Crippen molar-refractivity contribution in [2.24, 2.45) is 0 Å².